The molecule has 110 valence electrons. The van der Waals surface area contributed by atoms with Gasteiger partial charge >= 0.3 is 0 Å². The number of benzene rings is 2. The second-order valence-electron chi connectivity index (χ2n) is 5.35. The molecule has 2 aromatic rings. The van der Waals surface area contributed by atoms with Crippen LogP contribution in [0.5, 0.6) is 5.75 Å². The molecule has 0 N–H and O–H groups in total. The predicted octanol–water partition coefficient (Wildman–Crippen LogP) is 5.85. The van der Waals surface area contributed by atoms with E-state index in [4.69, 9.17) is 27.9 Å². The van der Waals surface area contributed by atoms with E-state index in [0.717, 1.165) is 18.4 Å². The molecule has 0 saturated carbocycles. The van der Waals surface area contributed by atoms with Crippen LogP contribution in [0.25, 0.3) is 0 Å². The highest BCUT2D eigenvalue weighted by atomic mass is 79.9. The zero-order valence-corrected chi connectivity index (χ0v) is 14.7. The van der Waals surface area contributed by atoms with Crippen LogP contribution in [0.1, 0.15) is 21.5 Å². The second kappa shape index (κ2) is 6.20. The van der Waals surface area contributed by atoms with Crippen LogP contribution in [0.3, 0.4) is 0 Å². The first-order chi connectivity index (χ1) is 10.1. The van der Waals surface area contributed by atoms with E-state index in [-0.39, 0.29) is 4.83 Å². The monoisotopic (exact) mass is 384 g/mol. The molecule has 0 heterocycles. The van der Waals surface area contributed by atoms with Crippen LogP contribution in [-0.2, 0) is 12.8 Å². The molecule has 0 radical (unpaired) electrons. The van der Waals surface area contributed by atoms with Crippen LogP contribution in [0.4, 0.5) is 0 Å². The number of halogens is 3. The molecule has 0 bridgehead atoms. The van der Waals surface area contributed by atoms with E-state index >= 15 is 0 Å². The molecular formula is C17H15BrCl2O. The Morgan fingerprint density at radius 1 is 1.10 bits per heavy atom. The summed E-state index contributed by atoms with van der Waals surface area (Å²) in [4.78, 5) is 0.181. The predicted molar refractivity (Wildman–Crippen MR) is 92.0 cm³/mol. The fourth-order valence-corrected chi connectivity index (χ4v) is 4.37. The van der Waals surface area contributed by atoms with E-state index in [0.29, 0.717) is 21.7 Å². The summed E-state index contributed by atoms with van der Waals surface area (Å²) >= 11 is 16.5. The molecule has 1 nitrogen and oxygen atoms in total. The van der Waals surface area contributed by atoms with E-state index in [1.807, 2.05) is 6.07 Å². The molecule has 1 unspecified atom stereocenters. The molecule has 0 spiro atoms. The van der Waals surface area contributed by atoms with E-state index in [2.05, 4.69) is 40.2 Å². The number of fused-ring (bicyclic) bond motifs is 1. The van der Waals surface area contributed by atoms with Crippen LogP contribution < -0.4 is 4.74 Å². The number of hydrogen-bond donors (Lipinski definition) is 0. The first kappa shape index (κ1) is 15.2. The van der Waals surface area contributed by atoms with Gasteiger partial charge in [-0.15, -0.1) is 0 Å². The van der Waals surface area contributed by atoms with Crippen molar-refractivity contribution in [3.63, 3.8) is 0 Å². The van der Waals surface area contributed by atoms with Gasteiger partial charge in [0.15, 0.2) is 0 Å². The van der Waals surface area contributed by atoms with Crippen LogP contribution in [0.15, 0.2) is 36.4 Å². The summed E-state index contributed by atoms with van der Waals surface area (Å²) in [6, 6.07) is 12.3. The van der Waals surface area contributed by atoms with Crippen LogP contribution in [-0.4, -0.2) is 7.11 Å². The quantitative estimate of drug-likeness (QED) is 0.601. The second-order valence-corrected chi connectivity index (χ2v) is 7.15. The van der Waals surface area contributed by atoms with Gasteiger partial charge in [-0.05, 0) is 41.5 Å². The molecule has 1 aliphatic carbocycles. The highest BCUT2D eigenvalue weighted by molar-refractivity contribution is 9.09. The summed E-state index contributed by atoms with van der Waals surface area (Å²) in [5, 5.41) is 1.28. The van der Waals surface area contributed by atoms with Gasteiger partial charge in [-0.3, -0.25) is 0 Å². The Labute approximate surface area is 143 Å². The zero-order chi connectivity index (χ0) is 15.0. The van der Waals surface area contributed by atoms with Gasteiger partial charge in [0.25, 0.3) is 0 Å². The van der Waals surface area contributed by atoms with Crippen molar-refractivity contribution in [1.82, 2.24) is 0 Å². The first-order valence-corrected chi connectivity index (χ1v) is 8.51. The average molecular weight is 386 g/mol. The van der Waals surface area contributed by atoms with Gasteiger partial charge in [0, 0.05) is 15.9 Å². The van der Waals surface area contributed by atoms with E-state index in [9.17, 15) is 0 Å². The smallest absolute Gasteiger partial charge is 0.138 e. The number of ether oxygens (including phenoxy) is 1. The van der Waals surface area contributed by atoms with Crippen molar-refractivity contribution in [3.05, 3.63) is 63.1 Å². The SMILES string of the molecule is COc1cc(Cl)c(C(Br)C2Cc3ccccc3C2)cc1Cl. The van der Waals surface area contributed by atoms with E-state index in [1.165, 1.54) is 11.1 Å². The third-order valence-corrected chi connectivity index (χ3v) is 5.93. The molecule has 21 heavy (non-hydrogen) atoms. The van der Waals surface area contributed by atoms with Gasteiger partial charge in [0.1, 0.15) is 5.75 Å². The first-order valence-electron chi connectivity index (χ1n) is 6.84. The maximum atomic E-state index is 6.40. The van der Waals surface area contributed by atoms with Crippen LogP contribution in [0.2, 0.25) is 10.0 Å². The maximum absolute atomic E-state index is 6.40. The summed E-state index contributed by atoms with van der Waals surface area (Å²) in [6.07, 6.45) is 2.12. The summed E-state index contributed by atoms with van der Waals surface area (Å²) in [5.41, 5.74) is 3.89. The Hall–Kier alpha value is -0.700. The Morgan fingerprint density at radius 2 is 1.71 bits per heavy atom. The van der Waals surface area contributed by atoms with Crippen molar-refractivity contribution < 1.29 is 4.74 Å². The molecule has 3 rings (SSSR count). The minimum absolute atomic E-state index is 0.181. The van der Waals surface area contributed by atoms with Crippen LogP contribution in [0, 0.1) is 5.92 Å². The van der Waals surface area contributed by atoms with Crippen molar-refractivity contribution in [3.8, 4) is 5.75 Å². The highest BCUT2D eigenvalue weighted by Gasteiger charge is 2.29. The van der Waals surface area contributed by atoms with Crippen molar-refractivity contribution in [1.29, 1.82) is 0 Å². The van der Waals surface area contributed by atoms with Crippen molar-refractivity contribution in [2.45, 2.75) is 17.7 Å². The third-order valence-electron chi connectivity index (χ3n) is 4.06. The summed E-state index contributed by atoms with van der Waals surface area (Å²) in [5.74, 6) is 1.10. The van der Waals surface area contributed by atoms with Gasteiger partial charge in [-0.1, -0.05) is 63.4 Å². The third kappa shape index (κ3) is 2.94. The highest BCUT2D eigenvalue weighted by Crippen LogP contribution is 2.44. The lowest BCUT2D eigenvalue weighted by atomic mass is 9.96. The molecule has 0 saturated heterocycles. The van der Waals surface area contributed by atoms with E-state index < -0.39 is 0 Å². The van der Waals surface area contributed by atoms with Crippen molar-refractivity contribution >= 4 is 39.1 Å². The molecule has 2 aromatic carbocycles. The Kier molecular flexibility index (Phi) is 4.49. The van der Waals surface area contributed by atoms with Gasteiger partial charge in [-0.2, -0.15) is 0 Å². The molecule has 1 aliphatic rings. The average Bonchev–Trinajstić information content (AvgIpc) is 2.92. The Bertz CT molecular complexity index is 647. The van der Waals surface area contributed by atoms with Gasteiger partial charge in [0.2, 0.25) is 0 Å². The van der Waals surface area contributed by atoms with Crippen LogP contribution >= 0.6 is 39.1 Å². The summed E-state index contributed by atoms with van der Waals surface area (Å²) in [7, 11) is 1.59. The molecule has 0 aliphatic heterocycles. The molecule has 0 amide bonds. The molecular weight excluding hydrogens is 371 g/mol. The number of methoxy groups -OCH3 is 1. The maximum Gasteiger partial charge on any atom is 0.138 e. The van der Waals surface area contributed by atoms with Gasteiger partial charge < -0.3 is 4.74 Å². The number of alkyl halides is 1. The number of hydrogen-bond acceptors (Lipinski definition) is 1. The van der Waals surface area contributed by atoms with Crippen molar-refractivity contribution in [2.24, 2.45) is 5.92 Å². The molecule has 0 fully saturated rings. The van der Waals surface area contributed by atoms with Gasteiger partial charge in [-0.25, -0.2) is 0 Å². The minimum Gasteiger partial charge on any atom is -0.495 e. The fraction of sp³-hybridized carbons (Fsp3) is 0.294. The summed E-state index contributed by atoms with van der Waals surface area (Å²) in [6.45, 7) is 0. The lowest BCUT2D eigenvalue weighted by Gasteiger charge is -2.20. The molecule has 1 atom stereocenters. The van der Waals surface area contributed by atoms with Gasteiger partial charge in [0.05, 0.1) is 12.1 Å². The lowest BCUT2D eigenvalue weighted by molar-refractivity contribution is 0.414. The standard InChI is InChI=1S/C17H15BrCl2O/c1-21-16-9-14(19)13(8-15(16)20)17(18)12-6-10-4-2-3-5-11(10)7-12/h2-5,8-9,12,17H,6-7H2,1H3. The fourth-order valence-electron chi connectivity index (χ4n) is 2.97. The molecule has 0 aromatic heterocycles. The van der Waals surface area contributed by atoms with E-state index in [1.54, 1.807) is 13.2 Å². The van der Waals surface area contributed by atoms with Crippen molar-refractivity contribution in [2.75, 3.05) is 7.11 Å². The lowest BCUT2D eigenvalue weighted by Crippen LogP contribution is -2.08. The Balaban J connectivity index is 1.87. The molecule has 4 heteroatoms. The topological polar surface area (TPSA) is 9.23 Å². The largest absolute Gasteiger partial charge is 0.495 e. The minimum atomic E-state index is 0.181. The number of rotatable bonds is 3. The summed E-state index contributed by atoms with van der Waals surface area (Å²) < 4.78 is 5.21. The zero-order valence-electron chi connectivity index (χ0n) is 11.6. The Morgan fingerprint density at radius 3 is 2.29 bits per heavy atom. The normalized spacial score (nSPS) is 15.8.